The van der Waals surface area contributed by atoms with Crippen LogP contribution in [0.5, 0.6) is 0 Å². The van der Waals surface area contributed by atoms with Crippen molar-refractivity contribution >= 4 is 40.4 Å². The van der Waals surface area contributed by atoms with E-state index >= 15 is 0 Å². The normalized spacial score (nSPS) is 12.2. The highest BCUT2D eigenvalue weighted by Gasteiger charge is 2.34. The van der Waals surface area contributed by atoms with Gasteiger partial charge in [0.25, 0.3) is 0 Å². The smallest absolute Gasteiger partial charge is 0.418 e. The van der Waals surface area contributed by atoms with E-state index in [0.717, 1.165) is 23.7 Å². The minimum absolute atomic E-state index is 0.00666. The summed E-state index contributed by atoms with van der Waals surface area (Å²) in [5.74, 6) is -1.73. The largest absolute Gasteiger partial charge is 0.483 e. The number of unbranched alkanes of at least 4 members (excludes halogenated alkanes) is 1. The van der Waals surface area contributed by atoms with Crippen LogP contribution in [-0.4, -0.2) is 60.8 Å². The molecule has 0 spiro atoms. The van der Waals surface area contributed by atoms with E-state index < -0.39 is 29.6 Å². The van der Waals surface area contributed by atoms with Crippen LogP contribution in [0, 0.1) is 11.7 Å². The Balaban J connectivity index is 0.000000703. The summed E-state index contributed by atoms with van der Waals surface area (Å²) in [6.07, 6.45) is 1.26. The van der Waals surface area contributed by atoms with Gasteiger partial charge in [-0.25, -0.2) is 14.2 Å². The Morgan fingerprint density at radius 2 is 1.60 bits per heavy atom. The zero-order chi connectivity index (χ0) is 43.1. The first-order valence-electron chi connectivity index (χ1n) is 19.5. The summed E-state index contributed by atoms with van der Waals surface area (Å²) in [7, 11) is 1.40. The molecule has 0 aliphatic rings. The highest BCUT2D eigenvalue weighted by atomic mass is 19.4. The average Bonchev–Trinajstić information content (AvgIpc) is 3.52. The number of carbonyl (C=O) groups excluding carboxylic acids is 4. The van der Waals surface area contributed by atoms with Crippen LogP contribution in [0.4, 0.5) is 17.6 Å². The summed E-state index contributed by atoms with van der Waals surface area (Å²) in [5, 5.41) is 5.90. The number of hydrogen-bond donors (Lipinski definition) is 3. The highest BCUT2D eigenvalue weighted by molar-refractivity contribution is 5.94. The number of fused-ring (bicyclic) bond motifs is 1. The van der Waals surface area contributed by atoms with Gasteiger partial charge in [0.1, 0.15) is 23.3 Å². The summed E-state index contributed by atoms with van der Waals surface area (Å²) in [4.78, 5) is 53.8. The molecule has 0 saturated heterocycles. The van der Waals surface area contributed by atoms with Crippen molar-refractivity contribution in [3.63, 3.8) is 0 Å². The highest BCUT2D eigenvalue weighted by Crippen LogP contribution is 2.37. The van der Waals surface area contributed by atoms with E-state index in [9.17, 15) is 36.7 Å². The van der Waals surface area contributed by atoms with Crippen molar-refractivity contribution in [2.75, 3.05) is 20.3 Å². The van der Waals surface area contributed by atoms with Crippen molar-refractivity contribution < 1.29 is 46.2 Å². The summed E-state index contributed by atoms with van der Waals surface area (Å²) in [6, 6.07) is 9.68. The van der Waals surface area contributed by atoms with E-state index in [-0.39, 0.29) is 66.6 Å². The Labute approximate surface area is 334 Å². The summed E-state index contributed by atoms with van der Waals surface area (Å²) in [5.41, 5.74) is 1.17. The lowest BCUT2D eigenvalue weighted by atomic mass is 9.98. The lowest BCUT2D eigenvalue weighted by molar-refractivity contribution is -0.138. The molecular formula is C43H60F4N4O6. The van der Waals surface area contributed by atoms with E-state index in [1.165, 1.54) is 39.0 Å². The van der Waals surface area contributed by atoms with E-state index in [1.54, 1.807) is 31.2 Å². The fourth-order valence-electron chi connectivity index (χ4n) is 5.40. The predicted molar refractivity (Wildman–Crippen MR) is 216 cm³/mol. The Kier molecular flexibility index (Phi) is 22.8. The van der Waals surface area contributed by atoms with Gasteiger partial charge in [0.15, 0.2) is 0 Å². The molecule has 1 heterocycles. The van der Waals surface area contributed by atoms with Gasteiger partial charge in [-0.1, -0.05) is 97.2 Å². The molecule has 2 amide bonds. The van der Waals surface area contributed by atoms with Gasteiger partial charge in [0.2, 0.25) is 17.7 Å². The minimum atomic E-state index is -4.46. The predicted octanol–water partition coefficient (Wildman–Crippen LogP) is 8.99. The number of rotatable bonds is 18. The number of para-hydroxylation sites is 1. The average molecular weight is 805 g/mol. The van der Waals surface area contributed by atoms with Gasteiger partial charge in [-0.15, -0.1) is 0 Å². The number of Topliss-reactive ketones (excluding diaryl/α,β-unsaturated/α-hetero) is 1. The molecule has 0 aliphatic carbocycles. The zero-order valence-corrected chi connectivity index (χ0v) is 34.6. The molecule has 0 aliphatic heterocycles. The van der Waals surface area contributed by atoms with Gasteiger partial charge in [-0.05, 0) is 62.3 Å². The molecule has 3 rings (SSSR count). The number of esters is 1. The maximum Gasteiger partial charge on any atom is 0.418 e. The fourth-order valence-corrected chi connectivity index (χ4v) is 5.40. The molecule has 1 aromatic heterocycles. The number of ketones is 1. The third-order valence-electron chi connectivity index (χ3n) is 8.77. The maximum absolute atomic E-state index is 13.6. The van der Waals surface area contributed by atoms with E-state index in [4.69, 9.17) is 9.47 Å². The van der Waals surface area contributed by atoms with Crippen molar-refractivity contribution in [1.82, 2.24) is 15.6 Å². The number of nitrogens with zero attached hydrogens (tertiary/aromatic N) is 1. The molecule has 57 heavy (non-hydrogen) atoms. The lowest BCUT2D eigenvalue weighted by Gasteiger charge is -2.25. The van der Waals surface area contributed by atoms with Crippen molar-refractivity contribution in [1.29, 1.82) is 0 Å². The fraction of sp³-hybridized carbons (Fsp3) is 0.512. The van der Waals surface area contributed by atoms with E-state index in [0.29, 0.717) is 36.6 Å². The van der Waals surface area contributed by atoms with Crippen molar-refractivity contribution in [3.8, 4) is 0 Å². The second-order valence-electron chi connectivity index (χ2n) is 13.4. The molecule has 0 bridgehead atoms. The SMILES string of the molecule is C=C(N=C(OC)C(NC(=O)CCCc1[nH]c2c(C(F)(F)F)cccc2c1CCC)[C@@H](C)CC)C(=O)OCC.CC(=O)CNC(=O)Cc1ccccc1F.CCCC. The number of methoxy groups -OCH3 is 1. The molecule has 0 saturated carbocycles. The number of hydrogen-bond acceptors (Lipinski definition) is 7. The molecule has 14 heteroatoms. The molecule has 3 aromatic rings. The zero-order valence-electron chi connectivity index (χ0n) is 34.6. The number of carbonyl (C=O) groups is 4. The molecule has 10 nitrogen and oxygen atoms in total. The Hall–Kier alpha value is -5.01. The van der Waals surface area contributed by atoms with Gasteiger partial charge >= 0.3 is 12.1 Å². The third kappa shape index (κ3) is 17.3. The number of aromatic amines is 1. The van der Waals surface area contributed by atoms with Crippen LogP contribution in [-0.2, 0) is 54.1 Å². The number of aryl methyl sites for hydroxylation is 2. The first kappa shape index (κ1) is 50.0. The number of nitrogens with one attached hydrogen (secondary N) is 3. The quantitative estimate of drug-likeness (QED) is 0.0386. The maximum atomic E-state index is 13.6. The molecule has 0 radical (unpaired) electrons. The van der Waals surface area contributed by atoms with Crippen molar-refractivity contribution in [2.45, 2.75) is 118 Å². The molecule has 1 unspecified atom stereocenters. The van der Waals surface area contributed by atoms with Crippen LogP contribution in [0.15, 0.2) is 59.7 Å². The van der Waals surface area contributed by atoms with Crippen LogP contribution >= 0.6 is 0 Å². The Morgan fingerprint density at radius 1 is 0.930 bits per heavy atom. The van der Waals surface area contributed by atoms with Gasteiger partial charge < -0.3 is 25.1 Å². The standard InChI is InChI=1S/C28H38F3N3O4.C11H12FNO2.C4H10/c1-7-12-19-20-13-10-14-21(28(29,30)31)25(20)33-22(19)15-11-16-23(35)34-24(17(4)8-2)26(37-6)32-18(5)27(36)38-9-3;1-8(14)7-13-11(15)6-9-4-2-3-5-10(9)12;1-3-4-2/h10,13-14,17,24,33H,5,7-9,11-12,15-16H2,1-4,6H3,(H,34,35);2-5H,6-7H2,1H3,(H,13,15);3-4H2,1-2H3/t17-,24?;;/m0../s1. The van der Waals surface area contributed by atoms with Crippen molar-refractivity contribution in [2.24, 2.45) is 10.9 Å². The first-order valence-corrected chi connectivity index (χ1v) is 19.5. The van der Waals surface area contributed by atoms with Crippen LogP contribution in [0.25, 0.3) is 10.9 Å². The number of amides is 2. The Bertz CT molecular complexity index is 1780. The summed E-state index contributed by atoms with van der Waals surface area (Å²) < 4.78 is 64.1. The molecule has 0 fully saturated rings. The van der Waals surface area contributed by atoms with Crippen molar-refractivity contribution in [3.05, 3.63) is 82.9 Å². The van der Waals surface area contributed by atoms with Gasteiger partial charge in [0, 0.05) is 17.5 Å². The number of benzene rings is 2. The number of ether oxygens (including phenoxy) is 2. The van der Waals surface area contributed by atoms with Crippen LogP contribution in [0.1, 0.15) is 109 Å². The molecule has 2 aromatic carbocycles. The van der Waals surface area contributed by atoms with E-state index in [1.807, 2.05) is 20.8 Å². The molecular weight excluding hydrogens is 744 g/mol. The third-order valence-corrected chi connectivity index (χ3v) is 8.77. The number of alkyl halides is 3. The topological polar surface area (TPSA) is 139 Å². The Morgan fingerprint density at radius 3 is 2.14 bits per heavy atom. The number of H-pyrrole nitrogens is 1. The second-order valence-corrected chi connectivity index (χ2v) is 13.4. The summed E-state index contributed by atoms with van der Waals surface area (Å²) in [6.45, 7) is 17.1. The lowest BCUT2D eigenvalue weighted by Crippen LogP contribution is -2.46. The molecule has 2 atom stereocenters. The first-order chi connectivity index (χ1) is 27.0. The van der Waals surface area contributed by atoms with E-state index in [2.05, 4.69) is 41.0 Å². The molecule has 316 valence electrons. The van der Waals surface area contributed by atoms with Gasteiger partial charge in [0.05, 0.1) is 37.8 Å². The van der Waals surface area contributed by atoms with Crippen LogP contribution < -0.4 is 10.6 Å². The number of halogens is 4. The minimum Gasteiger partial charge on any atom is -0.483 e. The number of aliphatic imine (C=N–C) groups is 1. The second kappa shape index (κ2) is 26.0. The molecule has 3 N–H and O–H groups in total. The van der Waals surface area contributed by atoms with Gasteiger partial charge in [-0.2, -0.15) is 13.2 Å². The van der Waals surface area contributed by atoms with Crippen LogP contribution in [0.3, 0.4) is 0 Å². The van der Waals surface area contributed by atoms with Crippen LogP contribution in [0.2, 0.25) is 0 Å². The van der Waals surface area contributed by atoms with Gasteiger partial charge in [-0.3, -0.25) is 14.4 Å². The summed E-state index contributed by atoms with van der Waals surface area (Å²) >= 11 is 0. The number of aromatic nitrogens is 1. The monoisotopic (exact) mass is 804 g/mol.